The van der Waals surface area contributed by atoms with E-state index in [1.807, 2.05) is 6.92 Å². The van der Waals surface area contributed by atoms with Gasteiger partial charge in [-0.05, 0) is 55.0 Å². The maximum atomic E-state index is 12.4. The highest BCUT2D eigenvalue weighted by Crippen LogP contribution is 2.24. The molecule has 1 heterocycles. The molecule has 0 bridgehead atoms. The number of nitrogens with one attached hydrogen (secondary N) is 2. The summed E-state index contributed by atoms with van der Waals surface area (Å²) in [6, 6.07) is 13.7. The van der Waals surface area contributed by atoms with Crippen LogP contribution >= 0.6 is 23.1 Å². The Morgan fingerprint density at radius 1 is 0.971 bits per heavy atom. The highest BCUT2D eigenvalue weighted by Gasteiger charge is 2.12. The number of anilines is 2. The molecule has 3 aromatic rings. The monoisotopic (exact) mass is 513 g/mol. The molecule has 184 valence electrons. The number of rotatable bonds is 12. The number of ether oxygens (including phenoxy) is 2. The van der Waals surface area contributed by atoms with Crippen molar-refractivity contribution in [3.63, 3.8) is 0 Å². The second kappa shape index (κ2) is 13.5. The Labute approximate surface area is 212 Å². The standard InChI is InChI=1S/C25H27N3O5S2/c1-3-4-13-33-24(31)17-5-7-18(8-6-17)26-22(29)14-20-15-34-25(28-20)35-16-23(30)27-19-9-11-21(32-2)12-10-19/h5-12,15H,3-4,13-14,16H2,1-2H3,(H,26,29)(H,27,30). The molecule has 2 aromatic carbocycles. The van der Waals surface area contributed by atoms with Crippen LogP contribution in [0.1, 0.15) is 35.8 Å². The van der Waals surface area contributed by atoms with E-state index in [0.717, 1.165) is 18.6 Å². The van der Waals surface area contributed by atoms with E-state index in [4.69, 9.17) is 9.47 Å². The summed E-state index contributed by atoms with van der Waals surface area (Å²) in [6.07, 6.45) is 1.89. The number of thioether (sulfide) groups is 1. The minimum Gasteiger partial charge on any atom is -0.497 e. The van der Waals surface area contributed by atoms with Gasteiger partial charge in [0.25, 0.3) is 0 Å². The number of hydrogen-bond donors (Lipinski definition) is 2. The van der Waals surface area contributed by atoms with Crippen molar-refractivity contribution in [2.75, 3.05) is 30.1 Å². The first-order valence-electron chi connectivity index (χ1n) is 11.0. The topological polar surface area (TPSA) is 107 Å². The van der Waals surface area contributed by atoms with Gasteiger partial charge in [0.05, 0.1) is 37.1 Å². The molecule has 0 saturated carbocycles. The second-order valence-electron chi connectivity index (χ2n) is 7.46. The lowest BCUT2D eigenvalue weighted by molar-refractivity contribution is -0.116. The largest absolute Gasteiger partial charge is 0.497 e. The van der Waals surface area contributed by atoms with E-state index >= 15 is 0 Å². The van der Waals surface area contributed by atoms with Crippen molar-refractivity contribution in [1.82, 2.24) is 4.98 Å². The maximum absolute atomic E-state index is 12.4. The molecule has 0 unspecified atom stereocenters. The van der Waals surface area contributed by atoms with Gasteiger partial charge >= 0.3 is 5.97 Å². The van der Waals surface area contributed by atoms with Crippen molar-refractivity contribution in [2.45, 2.75) is 30.5 Å². The van der Waals surface area contributed by atoms with Gasteiger partial charge in [0, 0.05) is 16.8 Å². The van der Waals surface area contributed by atoms with E-state index in [0.29, 0.717) is 33.6 Å². The van der Waals surface area contributed by atoms with Gasteiger partial charge in [0.15, 0.2) is 4.34 Å². The van der Waals surface area contributed by atoms with Gasteiger partial charge in [-0.3, -0.25) is 9.59 Å². The molecule has 0 aliphatic rings. The van der Waals surface area contributed by atoms with E-state index in [1.165, 1.54) is 23.1 Å². The van der Waals surface area contributed by atoms with Crippen LogP contribution in [0.3, 0.4) is 0 Å². The molecule has 10 heteroatoms. The van der Waals surface area contributed by atoms with Crippen molar-refractivity contribution in [3.05, 3.63) is 65.2 Å². The molecule has 2 amide bonds. The van der Waals surface area contributed by atoms with Crippen LogP contribution in [0.5, 0.6) is 5.75 Å². The normalized spacial score (nSPS) is 10.5. The number of nitrogens with zero attached hydrogens (tertiary/aromatic N) is 1. The maximum Gasteiger partial charge on any atom is 0.338 e. The summed E-state index contributed by atoms with van der Waals surface area (Å²) in [7, 11) is 1.59. The zero-order chi connectivity index (χ0) is 25.0. The summed E-state index contributed by atoms with van der Waals surface area (Å²) in [6.45, 7) is 2.43. The molecular formula is C25H27N3O5S2. The first kappa shape index (κ1) is 26.2. The zero-order valence-electron chi connectivity index (χ0n) is 19.5. The molecule has 0 radical (unpaired) electrons. The van der Waals surface area contributed by atoms with E-state index in [2.05, 4.69) is 15.6 Å². The Bertz CT molecular complexity index is 1130. The third-order valence-corrected chi connectivity index (χ3v) is 6.78. The van der Waals surface area contributed by atoms with E-state index in [9.17, 15) is 14.4 Å². The first-order chi connectivity index (χ1) is 17.0. The summed E-state index contributed by atoms with van der Waals surface area (Å²) < 4.78 is 11.0. The quantitative estimate of drug-likeness (QED) is 0.199. The van der Waals surface area contributed by atoms with Crippen LogP contribution in [0.4, 0.5) is 11.4 Å². The number of hydrogen-bond acceptors (Lipinski definition) is 8. The second-order valence-corrected chi connectivity index (χ2v) is 9.54. The van der Waals surface area contributed by atoms with Gasteiger partial charge in [-0.25, -0.2) is 9.78 Å². The molecule has 0 fully saturated rings. The molecule has 1 aromatic heterocycles. The van der Waals surface area contributed by atoms with Crippen LogP contribution in [0.15, 0.2) is 58.3 Å². The fourth-order valence-electron chi connectivity index (χ4n) is 2.89. The number of aromatic nitrogens is 1. The summed E-state index contributed by atoms with van der Waals surface area (Å²) in [4.78, 5) is 40.9. The number of carbonyl (C=O) groups is 3. The predicted molar refractivity (Wildman–Crippen MR) is 138 cm³/mol. The molecule has 0 spiro atoms. The number of thiazole rings is 1. The van der Waals surface area contributed by atoms with Crippen molar-refractivity contribution in [3.8, 4) is 5.75 Å². The fourth-order valence-corrected chi connectivity index (χ4v) is 4.53. The molecular weight excluding hydrogens is 486 g/mol. The van der Waals surface area contributed by atoms with Gasteiger partial charge in [0.1, 0.15) is 5.75 Å². The molecule has 8 nitrogen and oxygen atoms in total. The van der Waals surface area contributed by atoms with Crippen molar-refractivity contribution >= 4 is 52.3 Å². The number of amides is 2. The summed E-state index contributed by atoms with van der Waals surface area (Å²) in [5, 5.41) is 7.42. The van der Waals surface area contributed by atoms with Crippen LogP contribution in [-0.2, 0) is 20.7 Å². The van der Waals surface area contributed by atoms with Crippen molar-refractivity contribution < 1.29 is 23.9 Å². The minimum atomic E-state index is -0.374. The number of carbonyl (C=O) groups excluding carboxylic acids is 3. The molecule has 0 saturated heterocycles. The Hall–Kier alpha value is -3.37. The lowest BCUT2D eigenvalue weighted by Gasteiger charge is -2.06. The average Bonchev–Trinajstić information content (AvgIpc) is 3.31. The summed E-state index contributed by atoms with van der Waals surface area (Å²) >= 11 is 2.70. The third kappa shape index (κ3) is 8.73. The lowest BCUT2D eigenvalue weighted by atomic mass is 10.2. The minimum absolute atomic E-state index is 0.107. The molecule has 2 N–H and O–H groups in total. The molecule has 0 atom stereocenters. The summed E-state index contributed by atoms with van der Waals surface area (Å²) in [5.41, 5.74) is 2.34. The zero-order valence-corrected chi connectivity index (χ0v) is 21.2. The Morgan fingerprint density at radius 2 is 1.63 bits per heavy atom. The van der Waals surface area contributed by atoms with Gasteiger partial charge in [0.2, 0.25) is 11.8 Å². The Morgan fingerprint density at radius 3 is 2.29 bits per heavy atom. The number of unbranched alkanes of at least 4 members (excludes halogenated alkanes) is 1. The fraction of sp³-hybridized carbons (Fsp3) is 0.280. The van der Waals surface area contributed by atoms with Crippen LogP contribution < -0.4 is 15.4 Å². The number of esters is 1. The molecule has 3 rings (SSSR count). The van der Waals surface area contributed by atoms with E-state index in [1.54, 1.807) is 61.0 Å². The van der Waals surface area contributed by atoms with Gasteiger partial charge in [-0.2, -0.15) is 0 Å². The Balaban J connectivity index is 1.42. The predicted octanol–water partition coefficient (Wildman–Crippen LogP) is 5.02. The van der Waals surface area contributed by atoms with Crippen LogP contribution in [0.25, 0.3) is 0 Å². The Kier molecular flexibility index (Phi) is 10.1. The average molecular weight is 514 g/mol. The number of methoxy groups -OCH3 is 1. The van der Waals surface area contributed by atoms with Crippen molar-refractivity contribution in [2.24, 2.45) is 0 Å². The van der Waals surface area contributed by atoms with Gasteiger partial charge in [-0.15, -0.1) is 11.3 Å². The first-order valence-corrected chi connectivity index (χ1v) is 12.9. The van der Waals surface area contributed by atoms with Crippen molar-refractivity contribution in [1.29, 1.82) is 0 Å². The van der Waals surface area contributed by atoms with Crippen LogP contribution in [0, 0.1) is 0 Å². The van der Waals surface area contributed by atoms with Crippen LogP contribution in [0.2, 0.25) is 0 Å². The highest BCUT2D eigenvalue weighted by atomic mass is 32.2. The van der Waals surface area contributed by atoms with Gasteiger partial charge in [-0.1, -0.05) is 25.1 Å². The molecule has 35 heavy (non-hydrogen) atoms. The smallest absolute Gasteiger partial charge is 0.338 e. The van der Waals surface area contributed by atoms with Gasteiger partial charge < -0.3 is 20.1 Å². The molecule has 0 aliphatic carbocycles. The highest BCUT2D eigenvalue weighted by molar-refractivity contribution is 8.01. The van der Waals surface area contributed by atoms with E-state index in [-0.39, 0.29) is 30.0 Å². The SMILES string of the molecule is CCCCOC(=O)c1ccc(NC(=O)Cc2csc(SCC(=O)Nc3ccc(OC)cc3)n2)cc1. The third-order valence-electron chi connectivity index (χ3n) is 4.71. The van der Waals surface area contributed by atoms with Crippen LogP contribution in [-0.4, -0.2) is 42.2 Å². The number of benzene rings is 2. The van der Waals surface area contributed by atoms with E-state index < -0.39 is 0 Å². The lowest BCUT2D eigenvalue weighted by Crippen LogP contribution is -2.15. The summed E-state index contributed by atoms with van der Waals surface area (Å²) in [5.74, 6) is 0.186. The molecule has 0 aliphatic heterocycles.